The van der Waals surface area contributed by atoms with Gasteiger partial charge in [-0.3, -0.25) is 19.6 Å². The van der Waals surface area contributed by atoms with Crippen LogP contribution in [0.15, 0.2) is 124 Å². The molecule has 0 unspecified atom stereocenters. The number of halogens is 1. The lowest BCUT2D eigenvalue weighted by Gasteiger charge is -2.14. The fourth-order valence-corrected chi connectivity index (χ4v) is 7.69. The van der Waals surface area contributed by atoms with E-state index in [1.807, 2.05) is 121 Å². The predicted molar refractivity (Wildman–Crippen MR) is 177 cm³/mol. The number of hydrogen-bond donors (Lipinski definition) is 1. The second-order valence-electron chi connectivity index (χ2n) is 9.95. The van der Waals surface area contributed by atoms with Crippen molar-refractivity contribution in [3.05, 3.63) is 139 Å². The molecule has 0 bridgehead atoms. The highest BCUT2D eigenvalue weighted by Gasteiger charge is 2.36. The number of para-hydroxylation sites is 2. The van der Waals surface area contributed by atoms with Gasteiger partial charge in [-0.2, -0.15) is 0 Å². The van der Waals surface area contributed by atoms with Crippen molar-refractivity contribution in [3.8, 4) is 0 Å². The molecule has 0 saturated carbocycles. The lowest BCUT2D eigenvalue weighted by Crippen LogP contribution is -2.36. The first-order chi connectivity index (χ1) is 21.0. The molecule has 7 nitrogen and oxygen atoms in total. The van der Waals surface area contributed by atoms with E-state index in [0.29, 0.717) is 43.5 Å². The van der Waals surface area contributed by atoms with Crippen molar-refractivity contribution in [3.63, 3.8) is 0 Å². The van der Waals surface area contributed by atoms with E-state index in [-0.39, 0.29) is 11.5 Å². The number of anilines is 2. The van der Waals surface area contributed by atoms with Crippen molar-refractivity contribution in [2.45, 2.75) is 11.4 Å². The van der Waals surface area contributed by atoms with Crippen molar-refractivity contribution >= 4 is 74.1 Å². The molecule has 5 aromatic rings. The quantitative estimate of drug-likeness (QED) is 0.293. The highest BCUT2D eigenvalue weighted by Crippen LogP contribution is 2.46. The summed E-state index contributed by atoms with van der Waals surface area (Å²) in [5, 5.41) is 2.90. The van der Waals surface area contributed by atoms with Crippen LogP contribution in [0, 0.1) is 0 Å². The Balaban J connectivity index is 1.51. The third kappa shape index (κ3) is 5.05. The van der Waals surface area contributed by atoms with Gasteiger partial charge >= 0.3 is 0 Å². The van der Waals surface area contributed by atoms with Crippen LogP contribution in [0.2, 0.25) is 5.02 Å². The zero-order chi connectivity index (χ0) is 29.5. The molecule has 7 rings (SSSR count). The molecular weight excluding hydrogens is 598 g/mol. The van der Waals surface area contributed by atoms with Gasteiger partial charge in [0.15, 0.2) is 5.84 Å². The Hall–Kier alpha value is -4.57. The smallest absolute Gasteiger partial charge is 0.283 e. The minimum absolute atomic E-state index is 0.172. The number of amides is 1. The minimum atomic E-state index is -0.289. The van der Waals surface area contributed by atoms with Gasteiger partial charge in [0, 0.05) is 17.0 Å². The number of thioether (sulfide) groups is 1. The van der Waals surface area contributed by atoms with Crippen LogP contribution < -0.4 is 30.1 Å². The second-order valence-corrected chi connectivity index (χ2v) is 12.4. The fraction of sp³-hybridized carbons (Fsp3) is 0.0606. The summed E-state index contributed by atoms with van der Waals surface area (Å²) in [5.74, 6) is 0.0881. The zero-order valence-electron chi connectivity index (χ0n) is 22.9. The van der Waals surface area contributed by atoms with Crippen molar-refractivity contribution in [1.82, 2.24) is 9.99 Å². The van der Waals surface area contributed by atoms with E-state index in [1.165, 1.54) is 28.1 Å². The zero-order valence-corrected chi connectivity index (χ0v) is 25.3. The Labute approximate surface area is 260 Å². The summed E-state index contributed by atoms with van der Waals surface area (Å²) in [6, 6.07) is 34.3. The number of aromatic nitrogens is 1. The average molecular weight is 622 g/mol. The molecule has 1 N–H and O–H groups in total. The van der Waals surface area contributed by atoms with Crippen LogP contribution in [-0.2, 0) is 11.3 Å². The van der Waals surface area contributed by atoms with E-state index in [2.05, 4.69) is 5.43 Å². The van der Waals surface area contributed by atoms with Crippen LogP contribution in [0.5, 0.6) is 0 Å². The molecule has 0 aliphatic carbocycles. The third-order valence-electron chi connectivity index (χ3n) is 7.15. The van der Waals surface area contributed by atoms with Gasteiger partial charge in [0.25, 0.3) is 11.5 Å². The Morgan fingerprint density at radius 3 is 2.26 bits per heavy atom. The molecule has 1 fully saturated rings. The summed E-state index contributed by atoms with van der Waals surface area (Å²) < 4.78 is 2.77. The van der Waals surface area contributed by atoms with Gasteiger partial charge in [-0.1, -0.05) is 90.1 Å². The van der Waals surface area contributed by atoms with E-state index in [1.54, 1.807) is 4.57 Å². The van der Waals surface area contributed by atoms with Gasteiger partial charge < -0.3 is 4.90 Å². The molecule has 2 aliphatic heterocycles. The Bertz CT molecular complexity index is 2080. The maximum Gasteiger partial charge on any atom is 0.283 e. The average Bonchev–Trinajstić information content (AvgIpc) is 3.64. The van der Waals surface area contributed by atoms with Gasteiger partial charge in [0.2, 0.25) is 0 Å². The molecule has 0 radical (unpaired) electrons. The maximum atomic E-state index is 14.3. The molecule has 0 spiro atoms. The number of rotatable bonds is 4. The number of nitrogens with zero attached hydrogens (tertiary/aromatic N) is 4. The lowest BCUT2D eigenvalue weighted by molar-refractivity contribution is -0.113. The molecule has 3 heterocycles. The van der Waals surface area contributed by atoms with Crippen molar-refractivity contribution < 1.29 is 4.79 Å². The predicted octanol–water partition coefficient (Wildman–Crippen LogP) is 5.35. The number of benzene rings is 4. The van der Waals surface area contributed by atoms with Gasteiger partial charge in [0.05, 0.1) is 23.6 Å². The Morgan fingerprint density at radius 2 is 1.53 bits per heavy atom. The summed E-state index contributed by atoms with van der Waals surface area (Å²) in [5.41, 5.74) is 6.63. The van der Waals surface area contributed by atoms with Crippen molar-refractivity contribution in [1.29, 1.82) is 0 Å². The number of hydrogen-bond acceptors (Lipinski definition) is 6. The Kier molecular flexibility index (Phi) is 7.14. The van der Waals surface area contributed by atoms with Crippen LogP contribution >= 0.6 is 34.7 Å². The SMILES string of the molecule is CN1/C(=c2/sc(=C3C(=O)N(c4ccccc4)NC3=Nc3ccccc3)n(Cc3ccccc3)c2=O)Sc2ccc(Cl)cc21. The summed E-state index contributed by atoms with van der Waals surface area (Å²) in [4.78, 5) is 36.4. The topological polar surface area (TPSA) is 69.9 Å². The molecule has 2 aliphatic rings. The van der Waals surface area contributed by atoms with Crippen molar-refractivity contribution in [2.75, 3.05) is 17.0 Å². The first-order valence-corrected chi connectivity index (χ1v) is 15.5. The van der Waals surface area contributed by atoms with Crippen LogP contribution in [0.3, 0.4) is 0 Å². The number of amidine groups is 1. The number of aliphatic imine (C=N–C) groups is 1. The van der Waals surface area contributed by atoms with Crippen LogP contribution in [0.1, 0.15) is 5.56 Å². The number of hydrazine groups is 1. The number of fused-ring (bicyclic) bond motifs is 1. The van der Waals surface area contributed by atoms with Gasteiger partial charge in [0.1, 0.15) is 19.8 Å². The highest BCUT2D eigenvalue weighted by atomic mass is 35.5. The first-order valence-electron chi connectivity index (χ1n) is 13.5. The molecule has 10 heteroatoms. The third-order valence-corrected chi connectivity index (χ3v) is 9.94. The summed E-state index contributed by atoms with van der Waals surface area (Å²) in [6.45, 7) is 0.298. The largest absolute Gasteiger partial charge is 0.337 e. The minimum Gasteiger partial charge on any atom is -0.337 e. The number of carbonyl (C=O) groups excluding carboxylic acids is 1. The molecule has 43 heavy (non-hydrogen) atoms. The van der Waals surface area contributed by atoms with E-state index in [4.69, 9.17) is 16.6 Å². The molecule has 1 saturated heterocycles. The van der Waals surface area contributed by atoms with E-state index in [0.717, 1.165) is 21.2 Å². The number of carbonyl (C=O) groups is 1. The molecule has 1 aromatic heterocycles. The number of thiazole rings is 1. The van der Waals surface area contributed by atoms with E-state index >= 15 is 0 Å². The van der Waals surface area contributed by atoms with Gasteiger partial charge in [-0.15, -0.1) is 11.3 Å². The molecular formula is C33H24ClN5O2S2. The second kappa shape index (κ2) is 11.3. The molecule has 1 amide bonds. The standard InChI is InChI=1S/C33H24ClN5O2S2/c1-37-25-19-22(34)17-18-26(25)42-33(37)28-31(41)38(20-21-11-5-2-6-12-21)32(43-28)27-29(35-23-13-7-3-8-14-23)36-39(30(27)40)24-15-9-4-10-16-24/h2-19H,20H2,1H3,(H,35,36)/b32-27?,33-28-. The van der Waals surface area contributed by atoms with Crippen LogP contribution in [-0.4, -0.2) is 23.4 Å². The van der Waals surface area contributed by atoms with E-state index < -0.39 is 0 Å². The summed E-state index contributed by atoms with van der Waals surface area (Å²) in [6.07, 6.45) is 0. The maximum absolute atomic E-state index is 14.3. The van der Waals surface area contributed by atoms with Crippen molar-refractivity contribution in [2.24, 2.45) is 4.99 Å². The molecule has 4 aromatic carbocycles. The lowest BCUT2D eigenvalue weighted by atomic mass is 10.2. The molecule has 0 atom stereocenters. The summed E-state index contributed by atoms with van der Waals surface area (Å²) in [7, 11) is 1.93. The van der Waals surface area contributed by atoms with Crippen LogP contribution in [0.25, 0.3) is 10.6 Å². The van der Waals surface area contributed by atoms with Gasteiger partial charge in [-0.25, -0.2) is 10.0 Å². The van der Waals surface area contributed by atoms with Crippen LogP contribution in [0.4, 0.5) is 17.1 Å². The summed E-state index contributed by atoms with van der Waals surface area (Å²) >= 11 is 9.14. The van der Waals surface area contributed by atoms with E-state index in [9.17, 15) is 9.59 Å². The Morgan fingerprint density at radius 1 is 0.860 bits per heavy atom. The normalized spacial score (nSPS) is 17.9. The van der Waals surface area contributed by atoms with Gasteiger partial charge in [-0.05, 0) is 48.0 Å². The molecule has 212 valence electrons. The monoisotopic (exact) mass is 621 g/mol. The fourth-order valence-electron chi connectivity index (χ4n) is 5.05. The number of nitrogens with one attached hydrogen (secondary N) is 1. The highest BCUT2D eigenvalue weighted by molar-refractivity contribution is 8.08. The first kappa shape index (κ1) is 27.3.